The molecule has 0 N–H and O–H groups in total. The molecule has 0 aliphatic rings. The maximum Gasteiger partial charge on any atom is 0.165 e. The highest BCUT2D eigenvalue weighted by Gasteiger charge is 2.45. The maximum atomic E-state index is 14.5. The van der Waals surface area contributed by atoms with Crippen molar-refractivity contribution in [2.75, 3.05) is 7.11 Å². The van der Waals surface area contributed by atoms with Gasteiger partial charge in [-0.25, -0.2) is 4.39 Å². The van der Waals surface area contributed by atoms with Crippen LogP contribution in [0.2, 0.25) is 0 Å². The van der Waals surface area contributed by atoms with Crippen LogP contribution in [0.15, 0.2) is 109 Å². The van der Waals surface area contributed by atoms with Gasteiger partial charge in [-0.1, -0.05) is 60.7 Å². The van der Waals surface area contributed by atoms with Gasteiger partial charge in [-0.15, -0.1) is 0 Å². The summed E-state index contributed by atoms with van der Waals surface area (Å²) in [5, 5.41) is 3.86. The fourth-order valence-electron chi connectivity index (χ4n) is 3.85. The van der Waals surface area contributed by atoms with Gasteiger partial charge < -0.3 is 17.1 Å². The van der Waals surface area contributed by atoms with Crippen LogP contribution < -0.4 is 33.1 Å². The molecule has 0 saturated heterocycles. The lowest BCUT2D eigenvalue weighted by Gasteiger charge is -2.28. The van der Waals surface area contributed by atoms with Crippen LogP contribution in [-0.4, -0.2) is 7.11 Å². The lowest BCUT2D eigenvalue weighted by Crippen LogP contribution is -3.00. The third kappa shape index (κ3) is 4.26. The molecule has 0 saturated carbocycles. The van der Waals surface area contributed by atoms with Crippen LogP contribution in [0, 0.1) is 5.82 Å². The number of benzene rings is 4. The second-order valence-corrected chi connectivity index (χ2v) is 10.4. The highest BCUT2D eigenvalue weighted by Crippen LogP contribution is 2.58. The van der Waals surface area contributed by atoms with Crippen LogP contribution in [0.1, 0.15) is 5.56 Å². The summed E-state index contributed by atoms with van der Waals surface area (Å²) in [4.78, 5) is 0. The van der Waals surface area contributed by atoms with E-state index in [-0.39, 0.29) is 24.0 Å². The Bertz CT molecular complexity index is 975. The zero-order valence-corrected chi connectivity index (χ0v) is 18.4. The summed E-state index contributed by atoms with van der Waals surface area (Å²) < 4.78 is 19.6. The zero-order chi connectivity index (χ0) is 20.1. The number of methoxy groups -OCH3 is 1. The number of rotatable bonds is 6. The first-order valence-electron chi connectivity index (χ1n) is 9.61. The van der Waals surface area contributed by atoms with Gasteiger partial charge in [0.2, 0.25) is 0 Å². The van der Waals surface area contributed by atoms with Gasteiger partial charge in [0.15, 0.2) is 11.6 Å². The van der Waals surface area contributed by atoms with E-state index < -0.39 is 7.26 Å². The first kappa shape index (κ1) is 22.0. The summed E-state index contributed by atoms with van der Waals surface area (Å²) >= 11 is 0. The van der Waals surface area contributed by atoms with Gasteiger partial charge in [0.25, 0.3) is 0 Å². The molecule has 0 bridgehead atoms. The van der Waals surface area contributed by atoms with Crippen LogP contribution in [0.4, 0.5) is 4.39 Å². The van der Waals surface area contributed by atoms with E-state index in [0.717, 1.165) is 11.7 Å². The molecule has 152 valence electrons. The minimum absolute atomic E-state index is 0. The molecule has 4 aromatic carbocycles. The molecule has 0 heterocycles. The molecule has 4 aromatic rings. The second-order valence-electron chi connectivity index (χ2n) is 6.94. The third-order valence-electron chi connectivity index (χ3n) is 5.23. The van der Waals surface area contributed by atoms with Crippen molar-refractivity contribution in [3.8, 4) is 5.75 Å². The van der Waals surface area contributed by atoms with Crippen LogP contribution in [0.25, 0.3) is 0 Å². The summed E-state index contributed by atoms with van der Waals surface area (Å²) in [6, 6.07) is 37.2. The molecule has 0 radical (unpaired) electrons. The van der Waals surface area contributed by atoms with E-state index in [0.29, 0.717) is 0 Å². The Morgan fingerprint density at radius 1 is 0.667 bits per heavy atom. The largest absolute Gasteiger partial charge is 1.00 e. The van der Waals surface area contributed by atoms with Crippen LogP contribution in [0.5, 0.6) is 5.75 Å². The van der Waals surface area contributed by atoms with E-state index >= 15 is 0 Å². The summed E-state index contributed by atoms with van der Waals surface area (Å²) in [6.07, 6.45) is 0.742. The summed E-state index contributed by atoms with van der Waals surface area (Å²) in [6.45, 7) is 0. The van der Waals surface area contributed by atoms with Gasteiger partial charge in [0.1, 0.15) is 23.2 Å². The van der Waals surface area contributed by atoms with E-state index in [1.54, 1.807) is 12.1 Å². The summed E-state index contributed by atoms with van der Waals surface area (Å²) in [5.41, 5.74) is 0.966. The SMILES string of the molecule is COc1ccc(C[P+](c2ccccc2)(c2ccccc2)c2ccccc2)cc1F.[Cl-]. The van der Waals surface area contributed by atoms with Crippen molar-refractivity contribution >= 4 is 23.2 Å². The minimum atomic E-state index is -2.03. The fraction of sp³-hybridized carbons (Fsp3) is 0.0769. The molecule has 0 spiro atoms. The fourth-order valence-corrected chi connectivity index (χ4v) is 8.08. The van der Waals surface area contributed by atoms with Crippen molar-refractivity contribution in [1.82, 2.24) is 0 Å². The molecule has 0 unspecified atom stereocenters. The van der Waals surface area contributed by atoms with Gasteiger partial charge in [0.05, 0.1) is 13.3 Å². The Hall–Kier alpha value is -2.67. The van der Waals surface area contributed by atoms with Crippen molar-refractivity contribution in [3.05, 3.63) is 121 Å². The predicted molar refractivity (Wildman–Crippen MR) is 122 cm³/mol. The lowest BCUT2D eigenvalue weighted by molar-refractivity contribution is -0.00000647. The number of hydrogen-bond donors (Lipinski definition) is 0. The number of ether oxygens (including phenoxy) is 1. The number of hydrogen-bond acceptors (Lipinski definition) is 1. The van der Waals surface area contributed by atoms with Crippen molar-refractivity contribution in [1.29, 1.82) is 0 Å². The number of halogens is 2. The van der Waals surface area contributed by atoms with E-state index in [4.69, 9.17) is 4.74 Å². The standard InChI is InChI=1S/C26H23FOP.ClH/c1-28-26-18-17-21(19-25(26)27)20-29(22-11-5-2-6-12-22,23-13-7-3-8-14-23)24-15-9-4-10-16-24;/h2-19H,20H2,1H3;1H/q+1;/p-1. The molecule has 0 aromatic heterocycles. The lowest BCUT2D eigenvalue weighted by atomic mass is 10.2. The monoisotopic (exact) mass is 436 g/mol. The predicted octanol–water partition coefficient (Wildman–Crippen LogP) is 2.33. The van der Waals surface area contributed by atoms with Gasteiger partial charge >= 0.3 is 0 Å². The van der Waals surface area contributed by atoms with Crippen molar-refractivity contribution < 1.29 is 21.5 Å². The molecule has 0 fully saturated rings. The molecule has 0 aliphatic heterocycles. The van der Waals surface area contributed by atoms with Crippen LogP contribution in [0.3, 0.4) is 0 Å². The average Bonchev–Trinajstić information content (AvgIpc) is 2.79. The second kappa shape index (κ2) is 9.89. The quantitative estimate of drug-likeness (QED) is 0.422. The Labute approximate surface area is 184 Å². The Kier molecular flexibility index (Phi) is 7.26. The van der Waals surface area contributed by atoms with Gasteiger partial charge in [0, 0.05) is 0 Å². The highest BCUT2D eigenvalue weighted by molar-refractivity contribution is 7.95. The Morgan fingerprint density at radius 3 is 1.47 bits per heavy atom. The van der Waals surface area contributed by atoms with E-state index in [9.17, 15) is 4.39 Å². The Balaban J connectivity index is 0.00000256. The van der Waals surface area contributed by atoms with E-state index in [1.807, 2.05) is 24.3 Å². The molecular formula is C26H23ClFOP. The van der Waals surface area contributed by atoms with Crippen molar-refractivity contribution in [3.63, 3.8) is 0 Å². The van der Waals surface area contributed by atoms with E-state index in [1.165, 1.54) is 23.0 Å². The maximum absolute atomic E-state index is 14.5. The van der Waals surface area contributed by atoms with Crippen LogP contribution in [-0.2, 0) is 6.16 Å². The molecule has 0 amide bonds. The van der Waals surface area contributed by atoms with Crippen molar-refractivity contribution in [2.45, 2.75) is 6.16 Å². The average molecular weight is 437 g/mol. The molecule has 0 atom stereocenters. The zero-order valence-electron chi connectivity index (χ0n) is 16.7. The van der Waals surface area contributed by atoms with Gasteiger partial charge in [-0.2, -0.15) is 0 Å². The first-order valence-corrected chi connectivity index (χ1v) is 11.6. The Morgan fingerprint density at radius 2 is 1.10 bits per heavy atom. The van der Waals surface area contributed by atoms with Gasteiger partial charge in [-0.3, -0.25) is 0 Å². The normalized spacial score (nSPS) is 10.9. The highest BCUT2D eigenvalue weighted by atomic mass is 35.5. The molecular weight excluding hydrogens is 414 g/mol. The van der Waals surface area contributed by atoms with Crippen molar-refractivity contribution in [2.24, 2.45) is 0 Å². The minimum Gasteiger partial charge on any atom is -1.00 e. The molecule has 1 nitrogen and oxygen atoms in total. The smallest absolute Gasteiger partial charge is 0.165 e. The van der Waals surface area contributed by atoms with Gasteiger partial charge in [-0.05, 0) is 54.1 Å². The summed E-state index contributed by atoms with van der Waals surface area (Å²) in [7, 11) is -0.533. The summed E-state index contributed by atoms with van der Waals surface area (Å²) in [5.74, 6) is -0.0471. The first-order chi connectivity index (χ1) is 14.2. The molecule has 4 heteroatoms. The molecule has 4 rings (SSSR count). The van der Waals surface area contributed by atoms with Crippen LogP contribution >= 0.6 is 7.26 Å². The topological polar surface area (TPSA) is 9.23 Å². The molecule has 30 heavy (non-hydrogen) atoms. The third-order valence-corrected chi connectivity index (χ3v) is 9.61. The molecule has 0 aliphatic carbocycles. The van der Waals surface area contributed by atoms with E-state index in [2.05, 4.69) is 72.8 Å².